The van der Waals surface area contributed by atoms with Crippen molar-refractivity contribution in [3.8, 4) is 0 Å². The number of rotatable bonds is 21. The molecule has 9 nitrogen and oxygen atoms in total. The van der Waals surface area contributed by atoms with Gasteiger partial charge in [0.25, 0.3) is 5.79 Å². The monoisotopic (exact) mass is 517 g/mol. The minimum Gasteiger partial charge on any atom is -0.477 e. The number of hydrogen-bond donors (Lipinski definition) is 7. The van der Waals surface area contributed by atoms with Crippen LogP contribution in [-0.2, 0) is 9.53 Å². The highest BCUT2D eigenvalue weighted by molar-refractivity contribution is 5.75. The molecule has 0 aliphatic carbocycles. The lowest BCUT2D eigenvalue weighted by molar-refractivity contribution is -0.295. The summed E-state index contributed by atoms with van der Waals surface area (Å²) in [5, 5.41) is 62.1. The standard InChI is InChI=1S/C27H51NO8/c1-2-3-4-5-6-7-8-9-10-11-12-13-14-15-16-17-18-28-23-21(30)19-27(35,26(33)34)36-25(23)24(32)22(31)20-29/h9-10,21-25,28-32,35H,2-8,11-20H2,1H3,(H,33,34)/b10-9-/t21-,22+,23+,24+,25+,27?/m0/s1. The molecule has 0 spiro atoms. The van der Waals surface area contributed by atoms with Crippen LogP contribution in [0.25, 0.3) is 0 Å². The summed E-state index contributed by atoms with van der Waals surface area (Å²) in [7, 11) is 0. The molecule has 0 aromatic carbocycles. The minimum atomic E-state index is -2.68. The molecule has 212 valence electrons. The van der Waals surface area contributed by atoms with Crippen molar-refractivity contribution < 1.29 is 40.2 Å². The highest BCUT2D eigenvalue weighted by atomic mass is 16.7. The number of allylic oxidation sites excluding steroid dienone is 2. The van der Waals surface area contributed by atoms with Crippen molar-refractivity contribution in [1.82, 2.24) is 5.32 Å². The van der Waals surface area contributed by atoms with E-state index in [1.54, 1.807) is 0 Å². The fraction of sp³-hybridized carbons (Fsp3) is 0.889. The van der Waals surface area contributed by atoms with E-state index < -0.39 is 55.2 Å². The molecule has 1 rings (SSSR count). The predicted molar refractivity (Wildman–Crippen MR) is 138 cm³/mol. The SMILES string of the molecule is CCCCCCCC/C=C\CCCCCCCCN[C@H]1[C@H]([C@H](O)[C@H](O)CO)OC(O)(C(=O)O)C[C@@H]1O. The van der Waals surface area contributed by atoms with Crippen LogP contribution in [0.3, 0.4) is 0 Å². The normalized spacial score (nSPS) is 26.3. The van der Waals surface area contributed by atoms with E-state index in [0.717, 1.165) is 32.1 Å². The van der Waals surface area contributed by atoms with Crippen LogP contribution >= 0.6 is 0 Å². The number of carboxylic acids is 1. The van der Waals surface area contributed by atoms with Gasteiger partial charge in [0.05, 0.1) is 18.8 Å². The molecule has 0 aromatic rings. The zero-order valence-corrected chi connectivity index (χ0v) is 22.1. The van der Waals surface area contributed by atoms with Gasteiger partial charge in [-0.05, 0) is 38.6 Å². The summed E-state index contributed by atoms with van der Waals surface area (Å²) in [5.74, 6) is -4.37. The number of nitrogens with one attached hydrogen (secondary N) is 1. The maximum absolute atomic E-state index is 11.4. The summed E-state index contributed by atoms with van der Waals surface area (Å²) >= 11 is 0. The fourth-order valence-electron chi connectivity index (χ4n) is 4.62. The first-order valence-corrected chi connectivity index (χ1v) is 13.9. The van der Waals surface area contributed by atoms with E-state index in [1.165, 1.54) is 57.8 Å². The molecule has 0 bridgehead atoms. The van der Waals surface area contributed by atoms with E-state index in [0.29, 0.717) is 6.54 Å². The molecular formula is C27H51NO8. The molecule has 1 heterocycles. The lowest BCUT2D eigenvalue weighted by Crippen LogP contribution is -2.66. The van der Waals surface area contributed by atoms with Gasteiger partial charge in [-0.15, -0.1) is 0 Å². The van der Waals surface area contributed by atoms with Crippen molar-refractivity contribution in [2.45, 2.75) is 139 Å². The molecule has 1 aliphatic rings. The van der Waals surface area contributed by atoms with E-state index in [2.05, 4.69) is 24.4 Å². The molecule has 0 radical (unpaired) electrons. The Morgan fingerprint density at radius 3 is 2.03 bits per heavy atom. The average Bonchev–Trinajstić information content (AvgIpc) is 2.85. The Bertz CT molecular complexity index is 604. The number of hydrogen-bond acceptors (Lipinski definition) is 8. The second kappa shape index (κ2) is 19.1. The van der Waals surface area contributed by atoms with E-state index >= 15 is 0 Å². The number of carbonyl (C=O) groups is 1. The molecule has 9 heteroatoms. The summed E-state index contributed by atoms with van der Waals surface area (Å²) in [6.45, 7) is 1.96. The molecule has 36 heavy (non-hydrogen) atoms. The molecule has 1 saturated heterocycles. The summed E-state index contributed by atoms with van der Waals surface area (Å²) in [5.41, 5.74) is 0. The van der Waals surface area contributed by atoms with Gasteiger partial charge < -0.3 is 40.7 Å². The molecule has 1 fully saturated rings. The van der Waals surface area contributed by atoms with Gasteiger partial charge in [0.15, 0.2) is 0 Å². The van der Waals surface area contributed by atoms with E-state index in [9.17, 15) is 30.3 Å². The number of aliphatic carboxylic acids is 1. The largest absolute Gasteiger partial charge is 0.477 e. The molecule has 0 saturated carbocycles. The Labute approximate surface area is 216 Å². The fourth-order valence-corrected chi connectivity index (χ4v) is 4.62. The summed E-state index contributed by atoms with van der Waals surface area (Å²) in [4.78, 5) is 11.4. The van der Waals surface area contributed by atoms with Crippen LogP contribution in [0.1, 0.15) is 103 Å². The molecule has 0 aromatic heterocycles. The Hall–Kier alpha value is -1.07. The van der Waals surface area contributed by atoms with Crippen LogP contribution < -0.4 is 5.32 Å². The lowest BCUT2D eigenvalue weighted by atomic mass is 9.88. The van der Waals surface area contributed by atoms with E-state index in [4.69, 9.17) is 9.84 Å². The molecule has 1 aliphatic heterocycles. The van der Waals surface area contributed by atoms with Crippen molar-refractivity contribution in [2.24, 2.45) is 0 Å². The average molecular weight is 518 g/mol. The van der Waals surface area contributed by atoms with Crippen molar-refractivity contribution >= 4 is 5.97 Å². The van der Waals surface area contributed by atoms with Crippen LogP contribution in [0.4, 0.5) is 0 Å². The summed E-state index contributed by atoms with van der Waals surface area (Å²) in [6.07, 6.45) is 14.7. The second-order valence-electron chi connectivity index (χ2n) is 10.1. The quantitative estimate of drug-likeness (QED) is 0.0897. The van der Waals surface area contributed by atoms with Crippen molar-refractivity contribution in [3.63, 3.8) is 0 Å². The van der Waals surface area contributed by atoms with Crippen LogP contribution in [0.5, 0.6) is 0 Å². The van der Waals surface area contributed by atoms with Gasteiger partial charge >= 0.3 is 5.97 Å². The molecular weight excluding hydrogens is 466 g/mol. The topological polar surface area (TPSA) is 160 Å². The minimum absolute atomic E-state index is 0.496. The van der Waals surface area contributed by atoms with E-state index in [1.807, 2.05) is 0 Å². The van der Waals surface area contributed by atoms with Gasteiger partial charge in [-0.2, -0.15) is 0 Å². The highest BCUT2D eigenvalue weighted by Crippen LogP contribution is 2.30. The lowest BCUT2D eigenvalue weighted by Gasteiger charge is -2.45. The number of aliphatic hydroxyl groups excluding tert-OH is 4. The van der Waals surface area contributed by atoms with Crippen molar-refractivity contribution in [2.75, 3.05) is 13.2 Å². The predicted octanol–water partition coefficient (Wildman–Crippen LogP) is 2.62. The first kappa shape index (κ1) is 33.0. The molecule has 1 unspecified atom stereocenters. The molecule has 7 N–H and O–H groups in total. The third-order valence-corrected chi connectivity index (χ3v) is 6.91. The molecule has 0 amide bonds. The van der Waals surface area contributed by atoms with Crippen LogP contribution in [0, 0.1) is 0 Å². The third-order valence-electron chi connectivity index (χ3n) is 6.91. The number of aliphatic hydroxyl groups is 5. The molecule has 6 atom stereocenters. The number of ether oxygens (including phenoxy) is 1. The Morgan fingerprint density at radius 2 is 1.50 bits per heavy atom. The van der Waals surface area contributed by atoms with Gasteiger partial charge in [0, 0.05) is 6.42 Å². The number of unbranched alkanes of at least 4 members (excludes halogenated alkanes) is 12. The van der Waals surface area contributed by atoms with E-state index in [-0.39, 0.29) is 0 Å². The Morgan fingerprint density at radius 1 is 0.972 bits per heavy atom. The van der Waals surface area contributed by atoms with Gasteiger partial charge in [0.1, 0.15) is 18.3 Å². The van der Waals surface area contributed by atoms with Gasteiger partial charge in [0.2, 0.25) is 0 Å². The van der Waals surface area contributed by atoms with Crippen molar-refractivity contribution in [1.29, 1.82) is 0 Å². The maximum atomic E-state index is 11.4. The van der Waals surface area contributed by atoms with Crippen LogP contribution in [0.15, 0.2) is 12.2 Å². The highest BCUT2D eigenvalue weighted by Gasteiger charge is 2.53. The van der Waals surface area contributed by atoms with Gasteiger partial charge in [-0.1, -0.05) is 76.9 Å². The Balaban J connectivity index is 2.21. The van der Waals surface area contributed by atoms with Gasteiger partial charge in [-0.25, -0.2) is 4.79 Å². The zero-order chi connectivity index (χ0) is 26.8. The van der Waals surface area contributed by atoms with Gasteiger partial charge in [-0.3, -0.25) is 0 Å². The first-order chi connectivity index (χ1) is 17.3. The first-order valence-electron chi connectivity index (χ1n) is 13.9. The zero-order valence-electron chi connectivity index (χ0n) is 22.1. The van der Waals surface area contributed by atoms with Crippen molar-refractivity contribution in [3.05, 3.63) is 12.2 Å². The smallest absolute Gasteiger partial charge is 0.364 e. The van der Waals surface area contributed by atoms with Crippen LogP contribution in [-0.4, -0.2) is 86.0 Å². The summed E-state index contributed by atoms with van der Waals surface area (Å²) < 4.78 is 5.19. The Kier molecular flexibility index (Phi) is 17.5. The summed E-state index contributed by atoms with van der Waals surface area (Å²) in [6, 6.07) is -0.899. The number of carboxylic acid groups (broad SMARTS) is 1. The van der Waals surface area contributed by atoms with Crippen LogP contribution in [0.2, 0.25) is 0 Å². The maximum Gasteiger partial charge on any atom is 0.364 e. The third kappa shape index (κ3) is 12.4. The second-order valence-corrected chi connectivity index (χ2v) is 10.1.